The van der Waals surface area contributed by atoms with Gasteiger partial charge in [-0.3, -0.25) is 4.99 Å². The Morgan fingerprint density at radius 1 is 1.19 bits per heavy atom. The molecular formula is C18H30IN7S. The number of nitrogens with one attached hydrogen (secondary N) is 2. The smallest absolute Gasteiger partial charge is 0.190 e. The fourth-order valence-electron chi connectivity index (χ4n) is 3.21. The van der Waals surface area contributed by atoms with Crippen molar-refractivity contribution in [3.8, 4) is 0 Å². The minimum Gasteiger partial charge on any atom is -0.356 e. The minimum atomic E-state index is 0. The van der Waals surface area contributed by atoms with Crippen LogP contribution in [0.25, 0.3) is 0 Å². The summed E-state index contributed by atoms with van der Waals surface area (Å²) in [6, 6.07) is 0. The number of rotatable bonds is 7. The molecule has 2 N–H and O–H groups in total. The van der Waals surface area contributed by atoms with Crippen molar-refractivity contribution in [2.24, 2.45) is 4.99 Å². The second-order valence-corrected chi connectivity index (χ2v) is 7.96. The Bertz CT molecular complexity index is 725. The largest absolute Gasteiger partial charge is 0.356 e. The van der Waals surface area contributed by atoms with Gasteiger partial charge in [-0.1, -0.05) is 6.42 Å². The van der Waals surface area contributed by atoms with Crippen molar-refractivity contribution < 1.29 is 0 Å². The van der Waals surface area contributed by atoms with Gasteiger partial charge < -0.3 is 15.2 Å². The van der Waals surface area contributed by atoms with E-state index in [1.54, 1.807) is 18.4 Å². The summed E-state index contributed by atoms with van der Waals surface area (Å²) in [5.41, 5.74) is 0. The first-order valence-electron chi connectivity index (χ1n) is 9.53. The van der Waals surface area contributed by atoms with Crippen LogP contribution in [0.3, 0.4) is 0 Å². The molecule has 0 bridgehead atoms. The van der Waals surface area contributed by atoms with Gasteiger partial charge in [0.2, 0.25) is 0 Å². The Hall–Kier alpha value is -1.23. The molecule has 27 heavy (non-hydrogen) atoms. The molecule has 1 aliphatic heterocycles. The Balaban J connectivity index is 0.00000261. The molecule has 0 amide bonds. The van der Waals surface area contributed by atoms with Crippen LogP contribution in [0.1, 0.15) is 47.2 Å². The molecule has 3 rings (SSSR count). The molecule has 0 saturated carbocycles. The zero-order valence-electron chi connectivity index (χ0n) is 16.2. The average Bonchev–Trinajstić information content (AvgIpc) is 3.15. The quantitative estimate of drug-likeness (QED) is 0.263. The first-order chi connectivity index (χ1) is 12.8. The molecule has 7 nitrogen and oxygen atoms in total. The van der Waals surface area contributed by atoms with Crippen molar-refractivity contribution in [1.29, 1.82) is 0 Å². The van der Waals surface area contributed by atoms with E-state index in [1.165, 1.54) is 30.0 Å². The second kappa shape index (κ2) is 11.6. The van der Waals surface area contributed by atoms with E-state index >= 15 is 0 Å². The summed E-state index contributed by atoms with van der Waals surface area (Å²) in [6.07, 6.45) is 9.67. The van der Waals surface area contributed by atoms with Crippen LogP contribution >= 0.6 is 35.3 Å². The first-order valence-corrected chi connectivity index (χ1v) is 10.3. The van der Waals surface area contributed by atoms with Gasteiger partial charge in [0.25, 0.3) is 0 Å². The Labute approximate surface area is 182 Å². The van der Waals surface area contributed by atoms with E-state index in [9.17, 15) is 0 Å². The third kappa shape index (κ3) is 6.70. The zero-order valence-corrected chi connectivity index (χ0v) is 19.3. The first kappa shape index (κ1) is 22.1. The molecule has 0 spiro atoms. The van der Waals surface area contributed by atoms with Gasteiger partial charge in [0.1, 0.15) is 11.6 Å². The van der Waals surface area contributed by atoms with E-state index in [1.807, 2.05) is 6.20 Å². The van der Waals surface area contributed by atoms with Crippen molar-refractivity contribution in [1.82, 2.24) is 30.4 Å². The summed E-state index contributed by atoms with van der Waals surface area (Å²) in [5, 5.41) is 16.7. The lowest BCUT2D eigenvalue weighted by molar-refractivity contribution is 0.594. The van der Waals surface area contributed by atoms with Gasteiger partial charge >= 0.3 is 0 Å². The number of fused-ring (bicyclic) bond motifs is 1. The van der Waals surface area contributed by atoms with E-state index in [2.05, 4.69) is 42.3 Å². The molecule has 3 heterocycles. The third-order valence-electron chi connectivity index (χ3n) is 4.58. The molecule has 0 aliphatic carbocycles. The maximum atomic E-state index is 4.39. The Morgan fingerprint density at radius 3 is 2.81 bits per heavy atom. The molecule has 1 aliphatic rings. The number of aromatic nitrogens is 4. The highest BCUT2D eigenvalue weighted by Gasteiger charge is 2.14. The second-order valence-electron chi connectivity index (χ2n) is 6.64. The number of guanidine groups is 1. The Morgan fingerprint density at radius 2 is 2.04 bits per heavy atom. The summed E-state index contributed by atoms with van der Waals surface area (Å²) in [6.45, 7) is 4.87. The normalized spacial score (nSPS) is 14.2. The topological polar surface area (TPSA) is 80.0 Å². The number of hydrogen-bond acceptors (Lipinski definition) is 5. The predicted octanol–water partition coefficient (Wildman–Crippen LogP) is 2.73. The van der Waals surface area contributed by atoms with Gasteiger partial charge in [0, 0.05) is 57.0 Å². The summed E-state index contributed by atoms with van der Waals surface area (Å²) < 4.78 is 2.33. The number of thiazole rings is 1. The van der Waals surface area contributed by atoms with Gasteiger partial charge in [0.05, 0.1) is 5.01 Å². The van der Waals surface area contributed by atoms with Gasteiger partial charge in [-0.15, -0.1) is 45.5 Å². The molecule has 0 radical (unpaired) electrons. The van der Waals surface area contributed by atoms with Gasteiger partial charge in [0.15, 0.2) is 5.96 Å². The molecule has 150 valence electrons. The number of aryl methyl sites for hydroxylation is 3. The maximum absolute atomic E-state index is 4.39. The van der Waals surface area contributed by atoms with E-state index in [0.29, 0.717) is 0 Å². The van der Waals surface area contributed by atoms with Crippen LogP contribution in [0.4, 0.5) is 0 Å². The minimum absolute atomic E-state index is 0. The lowest BCUT2D eigenvalue weighted by Crippen LogP contribution is -2.38. The standard InChI is InChI=1S/C18H29N7S.HI/c1-14-13-22-17(26-14)9-11-21-18(19-2)20-10-6-8-16-24-23-15-7-4-3-5-12-25(15)16;/h13H,3-12H2,1-2H3,(H2,19,20,21);1H. The van der Waals surface area contributed by atoms with Crippen LogP contribution in [0.15, 0.2) is 11.2 Å². The molecule has 9 heteroatoms. The zero-order chi connectivity index (χ0) is 18.2. The molecule has 0 fully saturated rings. The van der Waals surface area contributed by atoms with Crippen LogP contribution in [-0.2, 0) is 25.8 Å². The molecule has 0 saturated heterocycles. The molecule has 2 aromatic rings. The lowest BCUT2D eigenvalue weighted by atomic mass is 10.2. The highest BCUT2D eigenvalue weighted by molar-refractivity contribution is 14.0. The fraction of sp³-hybridized carbons (Fsp3) is 0.667. The Kier molecular flexibility index (Phi) is 9.46. The highest BCUT2D eigenvalue weighted by atomic mass is 127. The van der Waals surface area contributed by atoms with Crippen LogP contribution in [0.2, 0.25) is 0 Å². The van der Waals surface area contributed by atoms with E-state index in [0.717, 1.165) is 62.1 Å². The summed E-state index contributed by atoms with van der Waals surface area (Å²) in [5.74, 6) is 3.14. The average molecular weight is 503 g/mol. The molecule has 2 aromatic heterocycles. The van der Waals surface area contributed by atoms with E-state index < -0.39 is 0 Å². The van der Waals surface area contributed by atoms with Gasteiger partial charge in [-0.25, -0.2) is 4.98 Å². The predicted molar refractivity (Wildman–Crippen MR) is 121 cm³/mol. The van der Waals surface area contributed by atoms with E-state index in [4.69, 9.17) is 0 Å². The van der Waals surface area contributed by atoms with Crippen LogP contribution in [0, 0.1) is 6.92 Å². The molecular weight excluding hydrogens is 473 g/mol. The summed E-state index contributed by atoms with van der Waals surface area (Å²) in [4.78, 5) is 9.93. The van der Waals surface area contributed by atoms with Gasteiger partial charge in [-0.05, 0) is 26.2 Å². The summed E-state index contributed by atoms with van der Waals surface area (Å²) in [7, 11) is 1.81. The maximum Gasteiger partial charge on any atom is 0.190 e. The van der Waals surface area contributed by atoms with Crippen LogP contribution in [-0.4, -0.2) is 45.8 Å². The van der Waals surface area contributed by atoms with Crippen LogP contribution in [0.5, 0.6) is 0 Å². The van der Waals surface area contributed by atoms with E-state index in [-0.39, 0.29) is 24.0 Å². The number of nitrogens with zero attached hydrogens (tertiary/aromatic N) is 5. The lowest BCUT2D eigenvalue weighted by Gasteiger charge is -2.11. The molecule has 0 aromatic carbocycles. The fourth-order valence-corrected chi connectivity index (χ4v) is 4.00. The molecule has 0 unspecified atom stereocenters. The van der Waals surface area contributed by atoms with Crippen molar-refractivity contribution >= 4 is 41.3 Å². The summed E-state index contributed by atoms with van der Waals surface area (Å²) >= 11 is 1.75. The van der Waals surface area contributed by atoms with Gasteiger partial charge in [-0.2, -0.15) is 0 Å². The highest BCUT2D eigenvalue weighted by Crippen LogP contribution is 2.15. The van der Waals surface area contributed by atoms with Crippen molar-refractivity contribution in [3.63, 3.8) is 0 Å². The monoisotopic (exact) mass is 503 g/mol. The van der Waals surface area contributed by atoms with Crippen LogP contribution < -0.4 is 10.6 Å². The number of halogens is 1. The van der Waals surface area contributed by atoms with Crippen molar-refractivity contribution in [3.05, 3.63) is 27.7 Å². The number of hydrogen-bond donors (Lipinski definition) is 2. The van der Waals surface area contributed by atoms with Crippen molar-refractivity contribution in [2.75, 3.05) is 20.1 Å². The van der Waals surface area contributed by atoms with Crippen molar-refractivity contribution in [2.45, 2.75) is 58.4 Å². The SMILES string of the molecule is CN=C(NCCCc1nnc2n1CCCCC2)NCCc1ncc(C)s1.I. The molecule has 0 atom stereocenters. The third-order valence-corrected chi connectivity index (χ3v) is 5.55. The number of aliphatic imine (C=N–C) groups is 1.